The van der Waals surface area contributed by atoms with Crippen LogP contribution in [0.15, 0.2) is 30.3 Å². The average Bonchev–Trinajstić information content (AvgIpc) is 2.47. The maximum atomic E-state index is 9.73. The minimum Gasteiger partial charge on any atom is -0.508 e. The fraction of sp³-hybridized carbons (Fsp3) is 0.333. The predicted octanol–water partition coefficient (Wildman–Crippen LogP) is 3.89. The Balaban J connectivity index is 2.21. The number of phenols is 1. The number of ether oxygens (including phenoxy) is 2. The van der Waals surface area contributed by atoms with Gasteiger partial charge >= 0.3 is 0 Å². The summed E-state index contributed by atoms with van der Waals surface area (Å²) >= 11 is 0. The smallest absolute Gasteiger partial charge is 0.188 e. The molecule has 0 unspecified atom stereocenters. The van der Waals surface area contributed by atoms with Crippen molar-refractivity contribution in [2.75, 3.05) is 13.9 Å². The van der Waals surface area contributed by atoms with E-state index in [1.165, 1.54) is 11.1 Å². The van der Waals surface area contributed by atoms with Crippen LogP contribution in [0.1, 0.15) is 27.8 Å². The number of phenolic OH excluding ortho intramolecular Hbond substituents is 1. The molecule has 2 aromatic rings. The minimum absolute atomic E-state index is 0.260. The first kappa shape index (κ1) is 15.4. The molecule has 0 saturated heterocycles. The van der Waals surface area contributed by atoms with Gasteiger partial charge in [0.05, 0.1) is 0 Å². The zero-order chi connectivity index (χ0) is 15.4. The van der Waals surface area contributed by atoms with E-state index in [-0.39, 0.29) is 6.79 Å². The second kappa shape index (κ2) is 6.64. The van der Waals surface area contributed by atoms with Gasteiger partial charge in [-0.3, -0.25) is 0 Å². The Morgan fingerprint density at radius 2 is 1.76 bits per heavy atom. The summed E-state index contributed by atoms with van der Waals surface area (Å²) in [5, 5.41) is 9.73. The fourth-order valence-electron chi connectivity index (χ4n) is 2.38. The van der Waals surface area contributed by atoms with Gasteiger partial charge in [-0.2, -0.15) is 0 Å². The molecular weight excluding hydrogens is 264 g/mol. The van der Waals surface area contributed by atoms with Gasteiger partial charge in [0.2, 0.25) is 0 Å². The van der Waals surface area contributed by atoms with E-state index in [1.807, 2.05) is 32.9 Å². The Kier molecular flexibility index (Phi) is 4.86. The quantitative estimate of drug-likeness (QED) is 0.847. The van der Waals surface area contributed by atoms with Gasteiger partial charge in [-0.15, -0.1) is 0 Å². The van der Waals surface area contributed by atoms with Crippen LogP contribution in [-0.4, -0.2) is 19.0 Å². The largest absolute Gasteiger partial charge is 0.508 e. The Hall–Kier alpha value is -2.00. The molecule has 0 fully saturated rings. The monoisotopic (exact) mass is 286 g/mol. The molecule has 3 nitrogen and oxygen atoms in total. The highest BCUT2D eigenvalue weighted by Gasteiger charge is 2.07. The minimum atomic E-state index is 0.260. The summed E-state index contributed by atoms with van der Waals surface area (Å²) in [6, 6.07) is 9.93. The molecule has 0 aliphatic rings. The average molecular weight is 286 g/mol. The zero-order valence-corrected chi connectivity index (χ0v) is 13.1. The lowest BCUT2D eigenvalue weighted by Crippen LogP contribution is -2.01. The molecule has 0 aliphatic carbocycles. The first-order chi connectivity index (χ1) is 10.0. The molecule has 0 radical (unpaired) electrons. The first-order valence-electron chi connectivity index (χ1n) is 7.02. The van der Waals surface area contributed by atoms with Crippen LogP contribution in [0.5, 0.6) is 11.5 Å². The first-order valence-corrected chi connectivity index (χ1v) is 7.02. The molecule has 0 bridgehead atoms. The number of hydrogen-bond donors (Lipinski definition) is 1. The summed E-state index contributed by atoms with van der Waals surface area (Å²) in [5.74, 6) is 1.20. The van der Waals surface area contributed by atoms with Crippen LogP contribution >= 0.6 is 0 Å². The highest BCUT2D eigenvalue weighted by atomic mass is 16.7. The van der Waals surface area contributed by atoms with Crippen molar-refractivity contribution in [3.05, 3.63) is 58.1 Å². The van der Waals surface area contributed by atoms with Crippen LogP contribution in [0, 0.1) is 20.8 Å². The Morgan fingerprint density at radius 3 is 2.43 bits per heavy atom. The third-order valence-corrected chi connectivity index (χ3v) is 3.84. The van der Waals surface area contributed by atoms with Crippen LogP contribution in [-0.2, 0) is 11.2 Å². The summed E-state index contributed by atoms with van der Waals surface area (Å²) in [6.45, 7) is 6.29. The molecule has 0 aliphatic heterocycles. The van der Waals surface area contributed by atoms with Crippen molar-refractivity contribution in [2.45, 2.75) is 27.2 Å². The van der Waals surface area contributed by atoms with Gasteiger partial charge < -0.3 is 14.6 Å². The Bertz CT molecular complexity index is 633. The number of aryl methyl sites for hydroxylation is 1. The summed E-state index contributed by atoms with van der Waals surface area (Å²) < 4.78 is 10.4. The highest BCUT2D eigenvalue weighted by molar-refractivity contribution is 5.45. The lowest BCUT2D eigenvalue weighted by molar-refractivity contribution is 0.0506. The number of methoxy groups -OCH3 is 1. The van der Waals surface area contributed by atoms with Crippen LogP contribution in [0.25, 0.3) is 0 Å². The summed E-state index contributed by atoms with van der Waals surface area (Å²) in [4.78, 5) is 0. The molecule has 0 atom stereocenters. The normalized spacial score (nSPS) is 10.7. The molecule has 1 N–H and O–H groups in total. The van der Waals surface area contributed by atoms with E-state index in [1.54, 1.807) is 13.2 Å². The zero-order valence-electron chi connectivity index (χ0n) is 13.1. The van der Waals surface area contributed by atoms with Crippen molar-refractivity contribution in [3.63, 3.8) is 0 Å². The summed E-state index contributed by atoms with van der Waals surface area (Å²) in [5.41, 5.74) is 5.65. The molecule has 0 heterocycles. The fourth-order valence-corrected chi connectivity index (χ4v) is 2.38. The van der Waals surface area contributed by atoms with Crippen molar-refractivity contribution in [1.29, 1.82) is 0 Å². The Morgan fingerprint density at radius 1 is 1.00 bits per heavy atom. The number of benzene rings is 2. The summed E-state index contributed by atoms with van der Waals surface area (Å²) in [7, 11) is 1.61. The lowest BCUT2D eigenvalue weighted by Gasteiger charge is -2.12. The van der Waals surface area contributed by atoms with Crippen molar-refractivity contribution < 1.29 is 14.6 Å². The van der Waals surface area contributed by atoms with E-state index >= 15 is 0 Å². The maximum absolute atomic E-state index is 9.73. The molecule has 112 valence electrons. The molecule has 21 heavy (non-hydrogen) atoms. The lowest BCUT2D eigenvalue weighted by atomic mass is 9.96. The van der Waals surface area contributed by atoms with Gasteiger partial charge in [0.25, 0.3) is 0 Å². The molecule has 3 heteroatoms. The number of rotatable bonds is 5. The third-order valence-electron chi connectivity index (χ3n) is 3.84. The second-order valence-corrected chi connectivity index (χ2v) is 5.32. The van der Waals surface area contributed by atoms with Gasteiger partial charge in [0, 0.05) is 7.11 Å². The third kappa shape index (κ3) is 3.56. The van der Waals surface area contributed by atoms with Crippen LogP contribution < -0.4 is 4.74 Å². The molecular formula is C18H22O3. The van der Waals surface area contributed by atoms with Crippen molar-refractivity contribution >= 4 is 0 Å². The van der Waals surface area contributed by atoms with Crippen molar-refractivity contribution in [1.82, 2.24) is 0 Å². The summed E-state index contributed by atoms with van der Waals surface area (Å²) in [6.07, 6.45) is 0.846. The van der Waals surface area contributed by atoms with Crippen molar-refractivity contribution in [2.24, 2.45) is 0 Å². The van der Waals surface area contributed by atoms with Gasteiger partial charge in [0.15, 0.2) is 6.79 Å². The van der Waals surface area contributed by atoms with E-state index in [2.05, 4.69) is 12.1 Å². The number of hydrogen-bond acceptors (Lipinski definition) is 3. The standard InChI is InChI=1S/C18H22O3/c1-12-9-15(5-8-18(12)21-11-20-4)10-16-6-7-17(19)14(3)13(16)2/h5-9,19H,10-11H2,1-4H3. The van der Waals surface area contributed by atoms with E-state index in [0.29, 0.717) is 5.75 Å². The second-order valence-electron chi connectivity index (χ2n) is 5.32. The van der Waals surface area contributed by atoms with E-state index in [0.717, 1.165) is 28.9 Å². The van der Waals surface area contributed by atoms with Crippen LogP contribution in [0.4, 0.5) is 0 Å². The Labute approximate surface area is 126 Å². The van der Waals surface area contributed by atoms with Gasteiger partial charge in [0.1, 0.15) is 11.5 Å². The van der Waals surface area contributed by atoms with Gasteiger partial charge in [-0.25, -0.2) is 0 Å². The number of aromatic hydroxyl groups is 1. The van der Waals surface area contributed by atoms with E-state index in [9.17, 15) is 5.11 Å². The van der Waals surface area contributed by atoms with Crippen LogP contribution in [0.3, 0.4) is 0 Å². The van der Waals surface area contributed by atoms with E-state index < -0.39 is 0 Å². The van der Waals surface area contributed by atoms with Gasteiger partial charge in [-0.05, 0) is 67.1 Å². The van der Waals surface area contributed by atoms with Gasteiger partial charge in [-0.1, -0.05) is 18.2 Å². The predicted molar refractivity (Wildman–Crippen MR) is 84.1 cm³/mol. The highest BCUT2D eigenvalue weighted by Crippen LogP contribution is 2.26. The molecule has 2 aromatic carbocycles. The van der Waals surface area contributed by atoms with E-state index in [4.69, 9.17) is 9.47 Å². The molecule has 0 saturated carbocycles. The van der Waals surface area contributed by atoms with Crippen LogP contribution in [0.2, 0.25) is 0 Å². The van der Waals surface area contributed by atoms with Crippen molar-refractivity contribution in [3.8, 4) is 11.5 Å². The molecule has 0 aromatic heterocycles. The maximum Gasteiger partial charge on any atom is 0.188 e. The molecule has 0 amide bonds. The topological polar surface area (TPSA) is 38.7 Å². The SMILES string of the molecule is COCOc1ccc(Cc2ccc(O)c(C)c2C)cc1C. The molecule has 2 rings (SSSR count). The molecule has 0 spiro atoms.